The fourth-order valence-electron chi connectivity index (χ4n) is 2.52. The molecule has 1 saturated heterocycles. The Morgan fingerprint density at radius 2 is 2.06 bits per heavy atom. The molecule has 5 heteroatoms. The van der Waals surface area contributed by atoms with E-state index in [0.717, 1.165) is 48.6 Å². The van der Waals surface area contributed by atoms with Crippen molar-refractivity contribution < 1.29 is 0 Å². The van der Waals surface area contributed by atoms with Crippen molar-refractivity contribution >= 4 is 11.2 Å². The molecule has 0 amide bonds. The number of nitrogens with one attached hydrogen (secondary N) is 1. The molecule has 2 aromatic heterocycles. The van der Waals surface area contributed by atoms with Gasteiger partial charge in [0.05, 0.1) is 5.69 Å². The maximum atomic E-state index is 4.61. The maximum absolute atomic E-state index is 4.61. The van der Waals surface area contributed by atoms with Crippen molar-refractivity contribution in [1.29, 1.82) is 0 Å². The first-order valence-corrected chi connectivity index (χ1v) is 6.12. The lowest BCUT2D eigenvalue weighted by Crippen LogP contribution is -2.27. The van der Waals surface area contributed by atoms with Crippen LogP contribution in [0.5, 0.6) is 0 Å². The molecular weight excluding hydrogens is 214 g/mol. The minimum Gasteiger partial charge on any atom is -0.317 e. The Morgan fingerprint density at radius 3 is 2.82 bits per heavy atom. The third kappa shape index (κ3) is 1.70. The molecule has 17 heavy (non-hydrogen) atoms. The molecule has 0 unspecified atom stereocenters. The van der Waals surface area contributed by atoms with Gasteiger partial charge in [-0.25, -0.2) is 15.0 Å². The quantitative estimate of drug-likeness (QED) is 0.799. The number of hydrogen-bond donors (Lipinski definition) is 1. The van der Waals surface area contributed by atoms with Gasteiger partial charge in [-0.05, 0) is 32.9 Å². The van der Waals surface area contributed by atoms with Crippen LogP contribution >= 0.6 is 0 Å². The summed E-state index contributed by atoms with van der Waals surface area (Å²) >= 11 is 0. The number of rotatable bonds is 1. The summed E-state index contributed by atoms with van der Waals surface area (Å²) in [6, 6.07) is 0. The Bertz CT molecular complexity index is 539. The molecule has 0 radical (unpaired) electrons. The van der Waals surface area contributed by atoms with Crippen molar-refractivity contribution in [2.24, 2.45) is 7.05 Å². The van der Waals surface area contributed by atoms with Gasteiger partial charge in [-0.1, -0.05) is 0 Å². The van der Waals surface area contributed by atoms with Gasteiger partial charge in [0, 0.05) is 13.0 Å². The molecule has 1 aliphatic rings. The summed E-state index contributed by atoms with van der Waals surface area (Å²) in [6.07, 6.45) is 3.95. The number of aryl methyl sites for hydroxylation is 2. The van der Waals surface area contributed by atoms with Gasteiger partial charge < -0.3 is 9.88 Å². The SMILES string of the molecule is Cc1nc2c(C3CCNCC3)ncnc2n1C. The number of piperidine rings is 1. The number of aromatic nitrogens is 4. The van der Waals surface area contributed by atoms with Gasteiger partial charge in [-0.15, -0.1) is 0 Å². The average Bonchev–Trinajstić information content (AvgIpc) is 2.67. The first kappa shape index (κ1) is 10.7. The molecule has 0 aliphatic carbocycles. The molecule has 1 fully saturated rings. The Hall–Kier alpha value is -1.49. The van der Waals surface area contributed by atoms with Crippen LogP contribution < -0.4 is 5.32 Å². The van der Waals surface area contributed by atoms with Crippen LogP contribution in [-0.2, 0) is 7.05 Å². The highest BCUT2D eigenvalue weighted by Crippen LogP contribution is 2.28. The molecule has 0 spiro atoms. The summed E-state index contributed by atoms with van der Waals surface area (Å²) in [5.41, 5.74) is 3.06. The van der Waals surface area contributed by atoms with E-state index in [0.29, 0.717) is 5.92 Å². The van der Waals surface area contributed by atoms with Crippen LogP contribution in [-0.4, -0.2) is 32.6 Å². The fraction of sp³-hybridized carbons (Fsp3) is 0.583. The first-order chi connectivity index (χ1) is 8.27. The molecule has 0 atom stereocenters. The van der Waals surface area contributed by atoms with E-state index in [1.807, 2.05) is 18.5 Å². The van der Waals surface area contributed by atoms with Gasteiger partial charge in [0.25, 0.3) is 0 Å². The van der Waals surface area contributed by atoms with Crippen molar-refractivity contribution in [3.63, 3.8) is 0 Å². The van der Waals surface area contributed by atoms with E-state index < -0.39 is 0 Å². The van der Waals surface area contributed by atoms with E-state index in [1.165, 1.54) is 0 Å². The van der Waals surface area contributed by atoms with Crippen LogP contribution in [0.4, 0.5) is 0 Å². The highest BCUT2D eigenvalue weighted by Gasteiger charge is 2.21. The molecule has 3 heterocycles. The van der Waals surface area contributed by atoms with E-state index in [2.05, 4.69) is 20.3 Å². The van der Waals surface area contributed by atoms with Crippen LogP contribution in [0.1, 0.15) is 30.3 Å². The number of nitrogens with zero attached hydrogens (tertiary/aromatic N) is 4. The van der Waals surface area contributed by atoms with Crippen LogP contribution in [0.2, 0.25) is 0 Å². The van der Waals surface area contributed by atoms with Gasteiger partial charge >= 0.3 is 0 Å². The van der Waals surface area contributed by atoms with Gasteiger partial charge in [-0.3, -0.25) is 0 Å². The molecule has 0 saturated carbocycles. The molecule has 1 aliphatic heterocycles. The van der Waals surface area contributed by atoms with E-state index in [-0.39, 0.29) is 0 Å². The normalized spacial score (nSPS) is 17.8. The molecule has 0 bridgehead atoms. The Balaban J connectivity index is 2.12. The standard InChI is InChI=1S/C12H17N5/c1-8-16-11-10(9-3-5-13-6-4-9)14-7-15-12(11)17(8)2/h7,9,13H,3-6H2,1-2H3. The topological polar surface area (TPSA) is 55.6 Å². The van der Waals surface area contributed by atoms with Gasteiger partial charge in [0.2, 0.25) is 0 Å². The average molecular weight is 231 g/mol. The second-order valence-electron chi connectivity index (χ2n) is 4.67. The summed E-state index contributed by atoms with van der Waals surface area (Å²) in [4.78, 5) is 13.4. The predicted octanol–water partition coefficient (Wildman–Crippen LogP) is 1.14. The largest absolute Gasteiger partial charge is 0.317 e. The Morgan fingerprint density at radius 1 is 1.29 bits per heavy atom. The highest BCUT2D eigenvalue weighted by molar-refractivity contribution is 5.74. The van der Waals surface area contributed by atoms with Crippen LogP contribution in [0.15, 0.2) is 6.33 Å². The number of hydrogen-bond acceptors (Lipinski definition) is 4. The van der Waals surface area contributed by atoms with Crippen molar-refractivity contribution in [1.82, 2.24) is 24.8 Å². The second-order valence-corrected chi connectivity index (χ2v) is 4.67. The van der Waals surface area contributed by atoms with Gasteiger partial charge in [0.1, 0.15) is 17.7 Å². The summed E-state index contributed by atoms with van der Waals surface area (Å²) < 4.78 is 2.03. The maximum Gasteiger partial charge on any atom is 0.163 e. The summed E-state index contributed by atoms with van der Waals surface area (Å²) in [7, 11) is 2.00. The fourth-order valence-corrected chi connectivity index (χ4v) is 2.52. The zero-order valence-electron chi connectivity index (χ0n) is 10.3. The summed E-state index contributed by atoms with van der Waals surface area (Å²) in [6.45, 7) is 4.15. The van der Waals surface area contributed by atoms with Crippen molar-refractivity contribution in [3.8, 4) is 0 Å². The molecule has 0 aromatic carbocycles. The third-order valence-corrected chi connectivity index (χ3v) is 3.63. The third-order valence-electron chi connectivity index (χ3n) is 3.63. The van der Waals surface area contributed by atoms with E-state index in [9.17, 15) is 0 Å². The van der Waals surface area contributed by atoms with E-state index >= 15 is 0 Å². The van der Waals surface area contributed by atoms with Crippen LogP contribution in [0.3, 0.4) is 0 Å². The lowest BCUT2D eigenvalue weighted by Gasteiger charge is -2.21. The minimum absolute atomic E-state index is 0.524. The highest BCUT2D eigenvalue weighted by atomic mass is 15.1. The molecule has 1 N–H and O–H groups in total. The van der Waals surface area contributed by atoms with Crippen molar-refractivity contribution in [2.45, 2.75) is 25.7 Å². The van der Waals surface area contributed by atoms with Crippen LogP contribution in [0, 0.1) is 6.92 Å². The lowest BCUT2D eigenvalue weighted by molar-refractivity contribution is 0.455. The van der Waals surface area contributed by atoms with Crippen LogP contribution in [0.25, 0.3) is 11.2 Å². The summed E-state index contributed by atoms with van der Waals surface area (Å²) in [5, 5.41) is 3.38. The predicted molar refractivity (Wildman–Crippen MR) is 65.9 cm³/mol. The number of fused-ring (bicyclic) bond motifs is 1. The van der Waals surface area contributed by atoms with Gasteiger partial charge in [-0.2, -0.15) is 0 Å². The van der Waals surface area contributed by atoms with E-state index in [1.54, 1.807) is 6.33 Å². The van der Waals surface area contributed by atoms with Crippen molar-refractivity contribution in [2.75, 3.05) is 13.1 Å². The molecule has 2 aromatic rings. The number of imidazole rings is 1. The van der Waals surface area contributed by atoms with Crippen molar-refractivity contribution in [3.05, 3.63) is 17.8 Å². The van der Waals surface area contributed by atoms with E-state index in [4.69, 9.17) is 0 Å². The molecule has 3 rings (SSSR count). The smallest absolute Gasteiger partial charge is 0.163 e. The second kappa shape index (κ2) is 4.07. The lowest BCUT2D eigenvalue weighted by atomic mass is 9.94. The monoisotopic (exact) mass is 231 g/mol. The minimum atomic E-state index is 0.524. The summed E-state index contributed by atoms with van der Waals surface area (Å²) in [5.74, 6) is 1.52. The molecular formula is C12H17N5. The van der Waals surface area contributed by atoms with Gasteiger partial charge in [0.15, 0.2) is 5.65 Å². The first-order valence-electron chi connectivity index (χ1n) is 6.12. The molecule has 90 valence electrons. The zero-order chi connectivity index (χ0) is 11.8. The zero-order valence-corrected chi connectivity index (χ0v) is 10.3. The Labute approximate surface area is 100 Å². The Kier molecular flexibility index (Phi) is 2.55. The molecule has 5 nitrogen and oxygen atoms in total.